The third-order valence-corrected chi connectivity index (χ3v) is 8.79. The van der Waals surface area contributed by atoms with E-state index in [1.807, 2.05) is 0 Å². The van der Waals surface area contributed by atoms with Crippen LogP contribution in [0.25, 0.3) is 0 Å². The van der Waals surface area contributed by atoms with Gasteiger partial charge in [-0.05, 0) is 28.1 Å². The number of carboxylic acid groups (broad SMARTS) is 1. The number of aromatic hydroxyl groups is 1. The van der Waals surface area contributed by atoms with Crippen molar-refractivity contribution in [1.29, 1.82) is 0 Å². The Balaban J connectivity index is 1.35. The molecule has 2 fully saturated rings. The number of carbonyl (C=O) groups is 4. The van der Waals surface area contributed by atoms with Crippen molar-refractivity contribution in [1.82, 2.24) is 35.7 Å². The van der Waals surface area contributed by atoms with Gasteiger partial charge in [0.25, 0.3) is 5.91 Å². The Morgan fingerprint density at radius 1 is 1.30 bits per heavy atom. The van der Waals surface area contributed by atoms with Crippen molar-refractivity contribution in [3.05, 3.63) is 29.8 Å². The quantitative estimate of drug-likeness (QED) is 0.144. The molecule has 15 nitrogen and oxygen atoms in total. The molecule has 2 saturated heterocycles. The third kappa shape index (κ3) is 5.57. The number of urea groups is 1. The molecule has 4 rings (SSSR count). The zero-order valence-electron chi connectivity index (χ0n) is 19.2. The lowest BCUT2D eigenvalue weighted by Crippen LogP contribution is -2.74. The number of aliphatic carboxylic acids is 1. The first-order chi connectivity index (χ1) is 17.6. The van der Waals surface area contributed by atoms with Gasteiger partial charge in [-0.25, -0.2) is 9.48 Å². The minimum Gasteiger partial charge on any atom is -0.508 e. The average Bonchev–Trinajstić information content (AvgIpc) is 3.32. The molecule has 2 aliphatic rings. The number of rotatable bonds is 10. The Kier molecular flexibility index (Phi) is 7.74. The normalized spacial score (nSPS) is 23.5. The number of amides is 4. The molecular formula is C20H24N8O7S2. The molecule has 0 spiro atoms. The number of nitrogens with two attached hydrogens (primary N) is 1. The molecule has 0 saturated carbocycles. The number of hydrogen-bond donors (Lipinski definition) is 6. The highest BCUT2D eigenvalue weighted by Crippen LogP contribution is 2.44. The molecule has 4 amide bonds. The Labute approximate surface area is 218 Å². The van der Waals surface area contributed by atoms with Gasteiger partial charge < -0.3 is 36.6 Å². The van der Waals surface area contributed by atoms with Gasteiger partial charge in [0.15, 0.2) is 6.10 Å². The van der Waals surface area contributed by atoms with E-state index in [2.05, 4.69) is 26.2 Å². The molecule has 2 aliphatic heterocycles. The van der Waals surface area contributed by atoms with Gasteiger partial charge in [0.1, 0.15) is 22.6 Å². The smallest absolute Gasteiger partial charge is 0.313 e. The van der Waals surface area contributed by atoms with Crippen LogP contribution >= 0.6 is 23.5 Å². The Bertz CT molecular complexity index is 1200. The molecule has 0 radical (unpaired) electrons. The number of thioether (sulfide) groups is 2. The van der Waals surface area contributed by atoms with Crippen molar-refractivity contribution >= 4 is 47.3 Å². The Morgan fingerprint density at radius 3 is 2.70 bits per heavy atom. The number of hydrogen-bond acceptors (Lipinski definition) is 11. The maximum absolute atomic E-state index is 12.8. The van der Waals surface area contributed by atoms with Crippen LogP contribution in [-0.2, 0) is 20.9 Å². The second-order valence-electron chi connectivity index (χ2n) is 8.50. The van der Waals surface area contributed by atoms with Crippen molar-refractivity contribution in [3.8, 4) is 5.75 Å². The molecule has 17 heteroatoms. The van der Waals surface area contributed by atoms with E-state index in [0.717, 1.165) is 11.8 Å². The molecule has 7 N–H and O–H groups in total. The molecule has 2 aromatic rings. The molecule has 3 unspecified atom stereocenters. The van der Waals surface area contributed by atoms with Gasteiger partial charge in [0, 0.05) is 24.6 Å². The predicted molar refractivity (Wildman–Crippen MR) is 129 cm³/mol. The monoisotopic (exact) mass is 552 g/mol. The first-order valence-corrected chi connectivity index (χ1v) is 13.0. The molecule has 1 aromatic carbocycles. The molecule has 1 aromatic heterocycles. The summed E-state index contributed by atoms with van der Waals surface area (Å²) in [5.74, 6) is -2.07. The number of fused-ring (bicyclic) bond motifs is 1. The van der Waals surface area contributed by atoms with E-state index in [1.54, 1.807) is 0 Å². The number of β-lactam (4-membered cyclic amide) rings is 1. The first kappa shape index (κ1) is 26.5. The maximum Gasteiger partial charge on any atom is 0.313 e. The van der Waals surface area contributed by atoms with Gasteiger partial charge >= 0.3 is 12.0 Å². The fourth-order valence-corrected chi connectivity index (χ4v) is 6.64. The van der Waals surface area contributed by atoms with E-state index in [9.17, 15) is 34.5 Å². The van der Waals surface area contributed by atoms with Gasteiger partial charge in [-0.1, -0.05) is 23.9 Å². The zero-order valence-corrected chi connectivity index (χ0v) is 20.8. The van der Waals surface area contributed by atoms with Crippen LogP contribution in [0.15, 0.2) is 29.4 Å². The number of phenolic OH excluding ortho intramolecular Hbond substituents is 1. The predicted octanol–water partition coefficient (Wildman–Crippen LogP) is -1.66. The second kappa shape index (κ2) is 10.8. The molecule has 0 bridgehead atoms. The topological polar surface area (TPSA) is 226 Å². The summed E-state index contributed by atoms with van der Waals surface area (Å²) in [6.07, 6.45) is -1.53. The summed E-state index contributed by atoms with van der Waals surface area (Å²) in [4.78, 5) is 49.8. The highest BCUT2D eigenvalue weighted by Gasteiger charge is 2.57. The lowest BCUT2D eigenvalue weighted by Gasteiger charge is -2.53. The number of benzene rings is 1. The van der Waals surface area contributed by atoms with Crippen LogP contribution in [0.4, 0.5) is 4.79 Å². The molecule has 198 valence electrons. The fourth-order valence-electron chi connectivity index (χ4n) is 3.87. The number of nitrogens with one attached hydrogen (secondary N) is 2. The first-order valence-electron chi connectivity index (χ1n) is 11.0. The van der Waals surface area contributed by atoms with Gasteiger partial charge in [-0.2, -0.15) is 0 Å². The van der Waals surface area contributed by atoms with E-state index in [-0.39, 0.29) is 42.5 Å². The molecule has 3 heterocycles. The van der Waals surface area contributed by atoms with Crippen LogP contribution in [0, 0.1) is 5.41 Å². The van der Waals surface area contributed by atoms with Crippen LogP contribution < -0.4 is 16.4 Å². The largest absolute Gasteiger partial charge is 0.508 e. The van der Waals surface area contributed by atoms with Crippen molar-refractivity contribution in [2.75, 3.05) is 24.6 Å². The summed E-state index contributed by atoms with van der Waals surface area (Å²) >= 11 is 2.35. The van der Waals surface area contributed by atoms with Crippen LogP contribution in [0.1, 0.15) is 11.7 Å². The van der Waals surface area contributed by atoms with Crippen molar-refractivity contribution in [2.45, 2.75) is 29.2 Å². The highest BCUT2D eigenvalue weighted by molar-refractivity contribution is 8.00. The zero-order chi connectivity index (χ0) is 26.7. The summed E-state index contributed by atoms with van der Waals surface area (Å²) in [6.45, 7) is 0.354. The van der Waals surface area contributed by atoms with E-state index in [4.69, 9.17) is 5.73 Å². The number of carbonyl (C=O) groups excluding carboxylic acids is 3. The summed E-state index contributed by atoms with van der Waals surface area (Å²) < 4.78 is 1.41. The number of aliphatic hydroxyl groups excluding tert-OH is 1. The van der Waals surface area contributed by atoms with Crippen molar-refractivity contribution < 1.29 is 34.5 Å². The molecule has 4 atom stereocenters. The molecule has 0 aliphatic carbocycles. The van der Waals surface area contributed by atoms with Gasteiger partial charge in [-0.15, -0.1) is 16.9 Å². The van der Waals surface area contributed by atoms with Crippen molar-refractivity contribution in [3.63, 3.8) is 0 Å². The van der Waals surface area contributed by atoms with Gasteiger partial charge in [0.05, 0.1) is 6.54 Å². The van der Waals surface area contributed by atoms with Gasteiger partial charge in [-0.3, -0.25) is 14.4 Å². The molecule has 37 heavy (non-hydrogen) atoms. The number of carboxylic acids is 1. The van der Waals surface area contributed by atoms with Crippen LogP contribution in [0.5, 0.6) is 5.75 Å². The number of tetrazole rings is 1. The molecular weight excluding hydrogens is 528 g/mol. The Morgan fingerprint density at radius 2 is 2.03 bits per heavy atom. The number of phenols is 1. The minimum atomic E-state index is -1.53. The summed E-state index contributed by atoms with van der Waals surface area (Å²) in [6, 6.07) is 3.87. The lowest BCUT2D eigenvalue weighted by molar-refractivity contribution is -0.158. The second-order valence-corrected chi connectivity index (χ2v) is 10.5. The SMILES string of the molecule is NC(=O)NCCn1nnnc1SCC1(C(=O)O)CS[C@@H]2C(NC(=O)C(O)c3ccc(O)cc3)C(=O)N2C1. The minimum absolute atomic E-state index is 0.0172. The summed E-state index contributed by atoms with van der Waals surface area (Å²) in [5, 5.41) is 45.8. The standard InChI is InChI=1S/C20H24N8O7S2/c21-18(35)22-5-6-28-19(24-25-26-28)37-9-20(17(33)34)7-27-15(32)12(16(27)36-8-20)23-14(31)13(30)10-1-3-11(29)4-2-10/h1-4,12-13,16,29-30H,5-9H2,(H,23,31)(H,33,34)(H3,21,22,35)/t12?,13?,16-,20?/m1/s1. The summed E-state index contributed by atoms with van der Waals surface area (Å²) in [5.41, 5.74) is 4.01. The Hall–Kier alpha value is -3.57. The lowest BCUT2D eigenvalue weighted by atomic mass is 9.89. The fraction of sp³-hybridized carbons (Fsp3) is 0.450. The third-order valence-electron chi connectivity index (χ3n) is 5.95. The van der Waals surface area contributed by atoms with Crippen LogP contribution in [0.2, 0.25) is 0 Å². The van der Waals surface area contributed by atoms with Crippen LogP contribution in [0.3, 0.4) is 0 Å². The number of nitrogens with zero attached hydrogens (tertiary/aromatic N) is 5. The van der Waals surface area contributed by atoms with E-state index in [0.29, 0.717) is 5.16 Å². The maximum atomic E-state index is 12.8. The number of primary amides is 1. The average molecular weight is 553 g/mol. The van der Waals surface area contributed by atoms with Crippen molar-refractivity contribution in [2.24, 2.45) is 11.1 Å². The summed E-state index contributed by atoms with van der Waals surface area (Å²) in [7, 11) is 0. The number of aromatic nitrogens is 4. The van der Waals surface area contributed by atoms with E-state index < -0.39 is 46.7 Å². The highest BCUT2D eigenvalue weighted by atomic mass is 32.2. The van der Waals surface area contributed by atoms with Gasteiger partial charge in [0.2, 0.25) is 11.1 Å². The van der Waals surface area contributed by atoms with E-state index >= 15 is 0 Å². The van der Waals surface area contributed by atoms with Crippen LogP contribution in [-0.4, -0.2) is 100 Å². The number of aliphatic hydroxyl groups is 1. The van der Waals surface area contributed by atoms with E-state index in [1.165, 1.54) is 45.6 Å².